The van der Waals surface area contributed by atoms with Gasteiger partial charge in [0.2, 0.25) is 5.91 Å². The summed E-state index contributed by atoms with van der Waals surface area (Å²) >= 11 is 3.08. The predicted molar refractivity (Wildman–Crippen MR) is 128 cm³/mol. The van der Waals surface area contributed by atoms with E-state index in [0.29, 0.717) is 23.8 Å². The third-order valence-electron chi connectivity index (χ3n) is 4.41. The molecule has 0 saturated heterocycles. The number of hydrogen-bond donors (Lipinski definition) is 2. The summed E-state index contributed by atoms with van der Waals surface area (Å²) < 4.78 is 11.2. The van der Waals surface area contributed by atoms with Crippen LogP contribution in [-0.4, -0.2) is 23.4 Å². The Bertz CT molecular complexity index is 1180. The molecule has 0 aliphatic rings. The summed E-state index contributed by atoms with van der Waals surface area (Å²) in [4.78, 5) is 29.6. The number of amides is 2. The van der Waals surface area contributed by atoms with Gasteiger partial charge in [0, 0.05) is 5.38 Å². The van der Waals surface area contributed by atoms with E-state index in [2.05, 4.69) is 15.8 Å². The first-order valence-electron chi connectivity index (χ1n) is 10.1. The molecule has 9 heteroatoms. The quantitative estimate of drug-likeness (QED) is 0.351. The zero-order valence-corrected chi connectivity index (χ0v) is 19.2. The summed E-state index contributed by atoms with van der Waals surface area (Å²) in [5, 5.41) is 4.70. The van der Waals surface area contributed by atoms with E-state index in [9.17, 15) is 9.59 Å². The highest BCUT2D eigenvalue weighted by Crippen LogP contribution is 2.27. The second-order valence-electron chi connectivity index (χ2n) is 6.93. The van der Waals surface area contributed by atoms with Crippen molar-refractivity contribution in [2.24, 2.45) is 0 Å². The van der Waals surface area contributed by atoms with Gasteiger partial charge in [-0.15, -0.1) is 22.7 Å². The molecule has 0 saturated carbocycles. The van der Waals surface area contributed by atoms with Crippen molar-refractivity contribution in [3.05, 3.63) is 88.7 Å². The Morgan fingerprint density at radius 2 is 1.55 bits per heavy atom. The van der Waals surface area contributed by atoms with Crippen LogP contribution in [0.4, 0.5) is 0 Å². The van der Waals surface area contributed by atoms with Crippen molar-refractivity contribution in [2.75, 3.05) is 6.61 Å². The normalized spacial score (nSPS) is 10.4. The smallest absolute Gasteiger partial charge is 0.276 e. The van der Waals surface area contributed by atoms with E-state index in [1.807, 2.05) is 53.2 Å². The molecule has 2 N–H and O–H groups in total. The largest absolute Gasteiger partial charge is 0.489 e. The van der Waals surface area contributed by atoms with Gasteiger partial charge < -0.3 is 9.47 Å². The Hall–Kier alpha value is -3.69. The topological polar surface area (TPSA) is 89.5 Å². The number of hydrogen-bond acceptors (Lipinski definition) is 7. The molecule has 0 unspecified atom stereocenters. The Labute approximate surface area is 199 Å². The van der Waals surface area contributed by atoms with E-state index in [0.717, 1.165) is 15.4 Å². The van der Waals surface area contributed by atoms with Crippen molar-refractivity contribution in [1.29, 1.82) is 0 Å². The first kappa shape index (κ1) is 22.5. The number of carbonyl (C=O) groups excluding carboxylic acids is 2. The number of carbonyl (C=O) groups is 2. The maximum Gasteiger partial charge on any atom is 0.276 e. The van der Waals surface area contributed by atoms with Crippen molar-refractivity contribution in [3.8, 4) is 21.4 Å². The minimum absolute atomic E-state index is 0.0768. The maximum absolute atomic E-state index is 12.1. The van der Waals surface area contributed by atoms with Crippen LogP contribution < -0.4 is 20.3 Å². The predicted octanol–water partition coefficient (Wildman–Crippen LogP) is 4.22. The van der Waals surface area contributed by atoms with Gasteiger partial charge in [-0.1, -0.05) is 36.4 Å². The van der Waals surface area contributed by atoms with Gasteiger partial charge in [-0.05, 0) is 41.3 Å². The number of benzene rings is 2. The number of thiazole rings is 1. The van der Waals surface area contributed by atoms with E-state index in [4.69, 9.17) is 9.47 Å². The molecule has 2 aromatic carbocycles. The molecule has 0 bridgehead atoms. The standard InChI is InChI=1S/C24H21N3O4S2/c28-22(13-18-16-33-24(25-18)21-7-4-12-32-21)26-27-23(29)15-31-20-10-8-19(9-11-20)30-14-17-5-2-1-3-6-17/h1-12,16H,13-15H2,(H,26,28)(H,27,29). The van der Waals surface area contributed by atoms with Crippen LogP contribution in [-0.2, 0) is 22.6 Å². The number of nitrogens with zero attached hydrogens (tertiary/aromatic N) is 1. The zero-order valence-electron chi connectivity index (χ0n) is 17.5. The van der Waals surface area contributed by atoms with Crippen LogP contribution in [0.15, 0.2) is 77.5 Å². The van der Waals surface area contributed by atoms with Crippen LogP contribution in [0.1, 0.15) is 11.3 Å². The van der Waals surface area contributed by atoms with Crippen LogP contribution in [0, 0.1) is 0 Å². The van der Waals surface area contributed by atoms with Gasteiger partial charge in [0.05, 0.1) is 17.0 Å². The minimum atomic E-state index is -0.467. The van der Waals surface area contributed by atoms with Crippen LogP contribution in [0.5, 0.6) is 11.5 Å². The first-order chi connectivity index (χ1) is 16.2. The Kier molecular flexibility index (Phi) is 7.68. The average Bonchev–Trinajstić information content (AvgIpc) is 3.54. The number of thiophene rings is 1. The minimum Gasteiger partial charge on any atom is -0.489 e. The van der Waals surface area contributed by atoms with Crippen molar-refractivity contribution < 1.29 is 19.1 Å². The molecule has 7 nitrogen and oxygen atoms in total. The molecule has 0 aliphatic heterocycles. The highest BCUT2D eigenvalue weighted by Gasteiger charge is 2.11. The molecule has 0 atom stereocenters. The van der Waals surface area contributed by atoms with E-state index >= 15 is 0 Å². The van der Waals surface area contributed by atoms with Gasteiger partial charge in [0.1, 0.15) is 23.1 Å². The molecule has 4 rings (SSSR count). The molecule has 4 aromatic rings. The Morgan fingerprint density at radius 3 is 2.27 bits per heavy atom. The lowest BCUT2D eigenvalue weighted by Gasteiger charge is -2.10. The summed E-state index contributed by atoms with van der Waals surface area (Å²) in [7, 11) is 0. The number of ether oxygens (including phenoxy) is 2. The van der Waals surface area contributed by atoms with E-state index in [1.54, 1.807) is 35.6 Å². The van der Waals surface area contributed by atoms with Gasteiger partial charge >= 0.3 is 0 Å². The molecular weight excluding hydrogens is 458 g/mol. The summed E-state index contributed by atoms with van der Waals surface area (Å²) in [6.07, 6.45) is 0.0768. The molecule has 2 aromatic heterocycles. The summed E-state index contributed by atoms with van der Waals surface area (Å²) in [5.74, 6) is 0.399. The van der Waals surface area contributed by atoms with Crippen molar-refractivity contribution in [2.45, 2.75) is 13.0 Å². The number of nitrogens with one attached hydrogen (secondary N) is 2. The van der Waals surface area contributed by atoms with E-state index < -0.39 is 5.91 Å². The molecule has 0 fully saturated rings. The number of hydrazine groups is 1. The first-order valence-corrected chi connectivity index (χ1v) is 11.9. The third-order valence-corrected chi connectivity index (χ3v) is 6.34. The molecular formula is C24H21N3O4S2. The lowest BCUT2D eigenvalue weighted by atomic mass is 10.2. The summed E-state index contributed by atoms with van der Waals surface area (Å²) in [6.45, 7) is 0.239. The molecule has 0 spiro atoms. The van der Waals surface area contributed by atoms with Gasteiger partial charge in [-0.3, -0.25) is 20.4 Å². The molecule has 0 radical (unpaired) electrons. The second kappa shape index (κ2) is 11.3. The molecule has 33 heavy (non-hydrogen) atoms. The number of aromatic nitrogens is 1. The third kappa shape index (κ3) is 6.90. The fraction of sp³-hybridized carbons (Fsp3) is 0.125. The summed E-state index contributed by atoms with van der Waals surface area (Å²) in [6, 6.07) is 20.8. The monoisotopic (exact) mass is 479 g/mol. The van der Waals surface area contributed by atoms with Gasteiger partial charge in [-0.2, -0.15) is 0 Å². The average molecular weight is 480 g/mol. The molecule has 2 heterocycles. The van der Waals surface area contributed by atoms with E-state index in [1.165, 1.54) is 11.3 Å². The summed E-state index contributed by atoms with van der Waals surface area (Å²) in [5.41, 5.74) is 6.46. The fourth-order valence-electron chi connectivity index (χ4n) is 2.81. The van der Waals surface area contributed by atoms with Crippen molar-refractivity contribution in [1.82, 2.24) is 15.8 Å². The van der Waals surface area contributed by atoms with Gasteiger partial charge in [0.15, 0.2) is 6.61 Å². The van der Waals surface area contributed by atoms with Crippen molar-refractivity contribution >= 4 is 34.5 Å². The second-order valence-corrected chi connectivity index (χ2v) is 8.73. The lowest BCUT2D eigenvalue weighted by molar-refractivity contribution is -0.129. The molecule has 2 amide bonds. The van der Waals surface area contributed by atoms with Crippen molar-refractivity contribution in [3.63, 3.8) is 0 Å². The highest BCUT2D eigenvalue weighted by atomic mass is 32.1. The zero-order chi connectivity index (χ0) is 22.9. The van der Waals surface area contributed by atoms with Crippen LogP contribution in [0.25, 0.3) is 9.88 Å². The van der Waals surface area contributed by atoms with E-state index in [-0.39, 0.29) is 18.9 Å². The SMILES string of the molecule is O=C(COc1ccc(OCc2ccccc2)cc1)NNC(=O)Cc1csc(-c2cccs2)n1. The number of rotatable bonds is 9. The molecule has 168 valence electrons. The fourth-order valence-corrected chi connectivity index (χ4v) is 4.44. The van der Waals surface area contributed by atoms with Crippen LogP contribution in [0.3, 0.4) is 0 Å². The Balaban J connectivity index is 1.15. The Morgan fingerprint density at radius 1 is 0.818 bits per heavy atom. The maximum atomic E-state index is 12.1. The highest BCUT2D eigenvalue weighted by molar-refractivity contribution is 7.20. The van der Waals surface area contributed by atoms with Gasteiger partial charge in [0.25, 0.3) is 5.91 Å². The van der Waals surface area contributed by atoms with Crippen LogP contribution >= 0.6 is 22.7 Å². The van der Waals surface area contributed by atoms with Gasteiger partial charge in [-0.25, -0.2) is 4.98 Å². The van der Waals surface area contributed by atoms with Crippen LogP contribution in [0.2, 0.25) is 0 Å². The lowest BCUT2D eigenvalue weighted by Crippen LogP contribution is -2.44. The molecule has 0 aliphatic carbocycles.